The van der Waals surface area contributed by atoms with Gasteiger partial charge < -0.3 is 5.32 Å². The topological polar surface area (TPSA) is 29.1 Å². The minimum Gasteiger partial charge on any atom is -0.353 e. The van der Waals surface area contributed by atoms with E-state index in [0.29, 0.717) is 6.42 Å². The highest BCUT2D eigenvalue weighted by Gasteiger charge is 2.05. The van der Waals surface area contributed by atoms with Gasteiger partial charge in [0.05, 0.1) is 6.42 Å². The maximum atomic E-state index is 11.5. The Kier molecular flexibility index (Phi) is 4.69. The van der Waals surface area contributed by atoms with Crippen LogP contribution >= 0.6 is 12.6 Å². The molecular formula is C12H17NOS. The van der Waals surface area contributed by atoms with Crippen molar-refractivity contribution >= 4 is 18.5 Å². The van der Waals surface area contributed by atoms with Crippen LogP contribution in [0.15, 0.2) is 29.2 Å². The second-order valence-electron chi connectivity index (χ2n) is 3.72. The molecule has 15 heavy (non-hydrogen) atoms. The third kappa shape index (κ3) is 4.38. The summed E-state index contributed by atoms with van der Waals surface area (Å²) in [5, 5.41) is 2.93. The first-order valence-electron chi connectivity index (χ1n) is 5.19. The minimum absolute atomic E-state index is 0.0799. The van der Waals surface area contributed by atoms with Crippen LogP contribution < -0.4 is 5.32 Å². The molecule has 0 radical (unpaired) electrons. The summed E-state index contributed by atoms with van der Waals surface area (Å²) in [6, 6.07) is 7.91. The molecule has 0 fully saturated rings. The second kappa shape index (κ2) is 5.81. The van der Waals surface area contributed by atoms with Gasteiger partial charge in [-0.3, -0.25) is 4.79 Å². The Morgan fingerprint density at radius 3 is 2.53 bits per heavy atom. The van der Waals surface area contributed by atoms with Gasteiger partial charge in [0, 0.05) is 10.9 Å². The highest BCUT2D eigenvalue weighted by molar-refractivity contribution is 7.80. The van der Waals surface area contributed by atoms with Crippen molar-refractivity contribution in [2.75, 3.05) is 0 Å². The molecule has 82 valence electrons. The van der Waals surface area contributed by atoms with Gasteiger partial charge in [-0.05, 0) is 31.0 Å². The molecule has 0 saturated carbocycles. The molecular weight excluding hydrogens is 206 g/mol. The Morgan fingerprint density at radius 1 is 1.40 bits per heavy atom. The van der Waals surface area contributed by atoms with Crippen molar-refractivity contribution < 1.29 is 4.79 Å². The van der Waals surface area contributed by atoms with Gasteiger partial charge in [0.1, 0.15) is 0 Å². The number of carbonyl (C=O) groups excluding carboxylic acids is 1. The lowest BCUT2D eigenvalue weighted by atomic mass is 10.1. The molecule has 1 N–H and O–H groups in total. The summed E-state index contributed by atoms with van der Waals surface area (Å²) in [6.07, 6.45) is 1.40. The standard InChI is InChI=1S/C12H17NOS/c1-3-9(2)13-12(14)8-10-4-6-11(15)7-5-10/h4-7,9,15H,3,8H2,1-2H3,(H,13,14). The van der Waals surface area contributed by atoms with E-state index in [1.54, 1.807) is 0 Å². The molecule has 0 aliphatic carbocycles. The van der Waals surface area contributed by atoms with Crippen molar-refractivity contribution in [1.29, 1.82) is 0 Å². The van der Waals surface area contributed by atoms with E-state index >= 15 is 0 Å². The summed E-state index contributed by atoms with van der Waals surface area (Å²) in [7, 11) is 0. The Morgan fingerprint density at radius 2 is 2.00 bits per heavy atom. The molecule has 0 aromatic heterocycles. The molecule has 1 amide bonds. The van der Waals surface area contributed by atoms with Crippen molar-refractivity contribution in [3.8, 4) is 0 Å². The molecule has 0 heterocycles. The first-order chi connectivity index (χ1) is 7.11. The lowest BCUT2D eigenvalue weighted by molar-refractivity contribution is -0.121. The fourth-order valence-electron chi connectivity index (χ4n) is 1.23. The molecule has 0 saturated heterocycles. The molecule has 1 unspecified atom stereocenters. The van der Waals surface area contributed by atoms with E-state index in [2.05, 4.69) is 24.9 Å². The summed E-state index contributed by atoms with van der Waals surface area (Å²) in [5.74, 6) is 0.0799. The fraction of sp³-hybridized carbons (Fsp3) is 0.417. The summed E-state index contributed by atoms with van der Waals surface area (Å²) in [4.78, 5) is 12.5. The fourth-order valence-corrected chi connectivity index (χ4v) is 1.38. The zero-order valence-corrected chi connectivity index (χ0v) is 10.1. The maximum absolute atomic E-state index is 11.5. The number of amides is 1. The SMILES string of the molecule is CCC(C)NC(=O)Cc1ccc(S)cc1. The van der Waals surface area contributed by atoms with E-state index in [1.807, 2.05) is 31.2 Å². The van der Waals surface area contributed by atoms with Crippen LogP contribution in [0.3, 0.4) is 0 Å². The lowest BCUT2D eigenvalue weighted by Gasteiger charge is -2.11. The maximum Gasteiger partial charge on any atom is 0.224 e. The average molecular weight is 223 g/mol. The van der Waals surface area contributed by atoms with E-state index in [0.717, 1.165) is 16.9 Å². The second-order valence-corrected chi connectivity index (χ2v) is 4.24. The Labute approximate surface area is 96.5 Å². The quantitative estimate of drug-likeness (QED) is 0.754. The van der Waals surface area contributed by atoms with Crippen LogP contribution in [0.4, 0.5) is 0 Å². The Hall–Kier alpha value is -0.960. The highest BCUT2D eigenvalue weighted by atomic mass is 32.1. The summed E-state index contributed by atoms with van der Waals surface area (Å²) >= 11 is 4.19. The monoisotopic (exact) mass is 223 g/mol. The van der Waals surface area contributed by atoms with Crippen LogP contribution in [0, 0.1) is 0 Å². The van der Waals surface area contributed by atoms with Gasteiger partial charge >= 0.3 is 0 Å². The number of nitrogens with one attached hydrogen (secondary N) is 1. The van der Waals surface area contributed by atoms with E-state index in [9.17, 15) is 4.79 Å². The third-order valence-electron chi connectivity index (χ3n) is 2.32. The minimum atomic E-state index is 0.0799. The molecule has 1 atom stereocenters. The van der Waals surface area contributed by atoms with Crippen molar-refractivity contribution in [1.82, 2.24) is 5.32 Å². The van der Waals surface area contributed by atoms with Gasteiger partial charge in [0.15, 0.2) is 0 Å². The van der Waals surface area contributed by atoms with Gasteiger partial charge in [-0.25, -0.2) is 0 Å². The van der Waals surface area contributed by atoms with Gasteiger partial charge in [-0.15, -0.1) is 12.6 Å². The number of benzene rings is 1. The predicted molar refractivity (Wildman–Crippen MR) is 65.3 cm³/mol. The number of carbonyl (C=O) groups is 1. The van der Waals surface area contributed by atoms with E-state index in [1.165, 1.54) is 0 Å². The highest BCUT2D eigenvalue weighted by Crippen LogP contribution is 2.08. The normalized spacial score (nSPS) is 12.2. The van der Waals surface area contributed by atoms with E-state index in [4.69, 9.17) is 0 Å². The van der Waals surface area contributed by atoms with Crippen molar-refractivity contribution in [2.45, 2.75) is 37.6 Å². The Bertz CT molecular complexity index is 321. The summed E-state index contributed by atoms with van der Waals surface area (Å²) in [6.45, 7) is 4.06. The molecule has 0 spiro atoms. The number of thiol groups is 1. The summed E-state index contributed by atoms with van der Waals surface area (Å²) in [5.41, 5.74) is 1.02. The third-order valence-corrected chi connectivity index (χ3v) is 2.62. The van der Waals surface area contributed by atoms with Crippen LogP contribution in [0.5, 0.6) is 0 Å². The van der Waals surface area contributed by atoms with E-state index in [-0.39, 0.29) is 11.9 Å². The largest absolute Gasteiger partial charge is 0.353 e. The van der Waals surface area contributed by atoms with Crippen molar-refractivity contribution in [2.24, 2.45) is 0 Å². The van der Waals surface area contributed by atoms with Gasteiger partial charge in [0.25, 0.3) is 0 Å². The molecule has 0 bridgehead atoms. The zero-order valence-electron chi connectivity index (χ0n) is 9.16. The number of rotatable bonds is 4. The van der Waals surface area contributed by atoms with Gasteiger partial charge in [0.2, 0.25) is 5.91 Å². The molecule has 0 aliphatic rings. The smallest absolute Gasteiger partial charge is 0.224 e. The summed E-state index contributed by atoms with van der Waals surface area (Å²) < 4.78 is 0. The first kappa shape index (κ1) is 12.1. The van der Waals surface area contributed by atoms with Crippen LogP contribution in [-0.4, -0.2) is 11.9 Å². The van der Waals surface area contributed by atoms with Crippen molar-refractivity contribution in [3.05, 3.63) is 29.8 Å². The number of hydrogen-bond acceptors (Lipinski definition) is 2. The predicted octanol–water partition coefficient (Wildman–Crippen LogP) is 2.43. The zero-order chi connectivity index (χ0) is 11.3. The molecule has 1 aromatic rings. The van der Waals surface area contributed by atoms with Crippen LogP contribution in [0.2, 0.25) is 0 Å². The van der Waals surface area contributed by atoms with Gasteiger partial charge in [-0.2, -0.15) is 0 Å². The van der Waals surface area contributed by atoms with E-state index < -0.39 is 0 Å². The van der Waals surface area contributed by atoms with Crippen LogP contribution in [-0.2, 0) is 11.2 Å². The Balaban J connectivity index is 2.48. The van der Waals surface area contributed by atoms with Crippen LogP contribution in [0.1, 0.15) is 25.8 Å². The average Bonchev–Trinajstić information content (AvgIpc) is 2.21. The van der Waals surface area contributed by atoms with Gasteiger partial charge in [-0.1, -0.05) is 19.1 Å². The molecule has 2 nitrogen and oxygen atoms in total. The first-order valence-corrected chi connectivity index (χ1v) is 5.63. The number of hydrogen-bond donors (Lipinski definition) is 2. The molecule has 1 aromatic carbocycles. The lowest BCUT2D eigenvalue weighted by Crippen LogP contribution is -2.33. The van der Waals surface area contributed by atoms with Crippen LogP contribution in [0.25, 0.3) is 0 Å². The molecule has 1 rings (SSSR count). The molecule has 0 aliphatic heterocycles. The molecule has 3 heteroatoms. The van der Waals surface area contributed by atoms with Crippen molar-refractivity contribution in [3.63, 3.8) is 0 Å².